The van der Waals surface area contributed by atoms with E-state index in [1.807, 2.05) is 29.1 Å². The first kappa shape index (κ1) is 38.0. The van der Waals surface area contributed by atoms with Crippen molar-refractivity contribution < 1.29 is 9.53 Å². The molecule has 1 amide bonds. The highest BCUT2D eigenvalue weighted by atomic mass is 32.2. The Morgan fingerprint density at radius 3 is 2.54 bits per heavy atom. The number of hydrogen-bond donors (Lipinski definition) is 3. The fraction of sp³-hybridized carbons (Fsp3) is 0.419. The summed E-state index contributed by atoms with van der Waals surface area (Å²) < 4.78 is 9.79. The molecule has 7 rings (SSSR count). The fourth-order valence-corrected chi connectivity index (χ4v) is 8.54. The zero-order valence-electron chi connectivity index (χ0n) is 32.1. The second kappa shape index (κ2) is 17.9. The van der Waals surface area contributed by atoms with E-state index in [4.69, 9.17) is 9.72 Å². The molecule has 11 heteroatoms. The van der Waals surface area contributed by atoms with Crippen molar-refractivity contribution in [3.63, 3.8) is 0 Å². The number of amides is 1. The second-order valence-corrected chi connectivity index (χ2v) is 15.9. The van der Waals surface area contributed by atoms with Crippen LogP contribution in [0, 0.1) is 0 Å². The predicted molar refractivity (Wildman–Crippen MR) is 220 cm³/mol. The summed E-state index contributed by atoms with van der Waals surface area (Å²) in [6.45, 7) is 14.0. The highest BCUT2D eigenvalue weighted by Crippen LogP contribution is 2.32. The third-order valence-electron chi connectivity index (χ3n) is 10.4. The Balaban J connectivity index is 1.00. The highest BCUT2D eigenvalue weighted by molar-refractivity contribution is 7.97. The first-order chi connectivity index (χ1) is 26.4. The lowest BCUT2D eigenvalue weighted by molar-refractivity contribution is 0.0904. The van der Waals surface area contributed by atoms with E-state index in [1.54, 1.807) is 11.9 Å². The Kier molecular flexibility index (Phi) is 12.6. The molecular formula is C43H54N8O2S. The molecule has 0 aliphatic carbocycles. The molecule has 1 unspecified atom stereocenters. The maximum Gasteiger partial charge on any atom is 0.251 e. The second-order valence-electron chi connectivity index (χ2n) is 14.6. The van der Waals surface area contributed by atoms with Gasteiger partial charge in [0.05, 0.1) is 17.3 Å². The molecule has 3 N–H and O–H groups in total. The Hall–Kier alpha value is -4.26. The van der Waals surface area contributed by atoms with Crippen LogP contribution in [0.2, 0.25) is 0 Å². The van der Waals surface area contributed by atoms with Gasteiger partial charge in [-0.15, -0.1) is 0 Å². The number of nitrogens with one attached hydrogen (secondary N) is 3. The number of aromatic nitrogens is 3. The molecular weight excluding hydrogens is 693 g/mol. The summed E-state index contributed by atoms with van der Waals surface area (Å²) in [4.78, 5) is 22.3. The quantitative estimate of drug-likeness (QED) is 0.103. The van der Waals surface area contributed by atoms with Crippen LogP contribution in [0.1, 0.15) is 66.4 Å². The minimum atomic E-state index is -0.107. The monoisotopic (exact) mass is 746 g/mol. The predicted octanol–water partition coefficient (Wildman–Crippen LogP) is 7.13. The van der Waals surface area contributed by atoms with Gasteiger partial charge in [-0.2, -0.15) is 5.10 Å². The van der Waals surface area contributed by atoms with Gasteiger partial charge in [0.15, 0.2) is 5.65 Å². The third kappa shape index (κ3) is 9.33. The van der Waals surface area contributed by atoms with Gasteiger partial charge in [0, 0.05) is 92.8 Å². The van der Waals surface area contributed by atoms with Gasteiger partial charge in [0.2, 0.25) is 0 Å². The minimum absolute atomic E-state index is 0.107. The lowest BCUT2D eigenvalue weighted by Gasteiger charge is -2.31. The third-order valence-corrected chi connectivity index (χ3v) is 11.3. The first-order valence-electron chi connectivity index (χ1n) is 19.5. The lowest BCUT2D eigenvalue weighted by Crippen LogP contribution is -2.48. The number of nitrogens with zero attached hydrogens (tertiary/aromatic N) is 5. The van der Waals surface area contributed by atoms with Gasteiger partial charge < -0.3 is 20.7 Å². The molecule has 5 aromatic rings. The zero-order valence-corrected chi connectivity index (χ0v) is 32.9. The topological polar surface area (TPSA) is 99.6 Å². The number of carbonyl (C=O) groups is 1. The number of aryl methyl sites for hydroxylation is 2. The number of fused-ring (bicyclic) bond motifs is 1. The standard InChI is InChI=1S/C43H54N8O2S/c1-5-40-38(41(47-36-16-20-53-21-17-36)39-26-46-51(6-2)42(39)48-40)25-45-43(52)35-14-9-15-37(24-35)54-49(4)28-31-10-7-12-33(22-31)34-13-8-11-32(23-34)29-50-19-18-44-30(3)27-50/h7-15,22-24,26,30,36,44H,5-6,16-21,25,27-29H2,1-4H3,(H,45,52)(H,47,48). The Morgan fingerprint density at radius 1 is 1.02 bits per heavy atom. The van der Waals surface area contributed by atoms with Crippen LogP contribution in [-0.2, 0) is 37.3 Å². The minimum Gasteiger partial charge on any atom is -0.381 e. The van der Waals surface area contributed by atoms with Crippen LogP contribution >= 0.6 is 11.9 Å². The number of anilines is 1. The molecule has 2 aliphatic rings. The summed E-state index contributed by atoms with van der Waals surface area (Å²) in [6, 6.07) is 26.5. The summed E-state index contributed by atoms with van der Waals surface area (Å²) in [5.74, 6) is -0.107. The van der Waals surface area contributed by atoms with Crippen LogP contribution in [0.5, 0.6) is 0 Å². The van der Waals surface area contributed by atoms with Crippen LogP contribution in [0.3, 0.4) is 0 Å². The number of hydrogen-bond acceptors (Lipinski definition) is 9. The highest BCUT2D eigenvalue weighted by Gasteiger charge is 2.22. The van der Waals surface area contributed by atoms with Crippen molar-refractivity contribution in [3.05, 3.63) is 107 Å². The number of pyridine rings is 1. The van der Waals surface area contributed by atoms with Crippen molar-refractivity contribution in [2.45, 2.75) is 83.2 Å². The summed E-state index contributed by atoms with van der Waals surface area (Å²) in [5, 5.41) is 16.2. The van der Waals surface area contributed by atoms with E-state index >= 15 is 0 Å². The van der Waals surface area contributed by atoms with Gasteiger partial charge in [-0.05, 0) is 105 Å². The molecule has 2 aromatic heterocycles. The Labute approximate surface area is 324 Å². The van der Waals surface area contributed by atoms with E-state index in [9.17, 15) is 4.79 Å². The van der Waals surface area contributed by atoms with Crippen molar-refractivity contribution in [2.24, 2.45) is 0 Å². The number of rotatable bonds is 14. The normalized spacial score (nSPS) is 16.9. The van der Waals surface area contributed by atoms with Gasteiger partial charge in [0.25, 0.3) is 5.91 Å². The molecule has 54 heavy (non-hydrogen) atoms. The van der Waals surface area contributed by atoms with Crippen LogP contribution in [0.25, 0.3) is 22.2 Å². The van der Waals surface area contributed by atoms with Crippen molar-refractivity contribution in [1.29, 1.82) is 0 Å². The summed E-state index contributed by atoms with van der Waals surface area (Å²) in [5.41, 5.74) is 9.60. The van der Waals surface area contributed by atoms with E-state index < -0.39 is 0 Å². The van der Waals surface area contributed by atoms with Crippen LogP contribution < -0.4 is 16.0 Å². The van der Waals surface area contributed by atoms with Crippen LogP contribution in [-0.4, -0.2) is 81.9 Å². The first-order valence-corrected chi connectivity index (χ1v) is 20.3. The van der Waals surface area contributed by atoms with Gasteiger partial charge >= 0.3 is 0 Å². The maximum absolute atomic E-state index is 13.7. The van der Waals surface area contributed by atoms with E-state index in [-0.39, 0.29) is 5.91 Å². The number of ether oxygens (including phenoxy) is 1. The fourth-order valence-electron chi connectivity index (χ4n) is 7.65. The lowest BCUT2D eigenvalue weighted by atomic mass is 10.0. The van der Waals surface area contributed by atoms with E-state index in [2.05, 4.69) is 113 Å². The van der Waals surface area contributed by atoms with Gasteiger partial charge in [-0.3, -0.25) is 9.69 Å². The van der Waals surface area contributed by atoms with E-state index in [0.717, 1.165) is 105 Å². The SMILES string of the molecule is CCc1nc2c(cnn2CC)c(NC2CCOCC2)c1CNC(=O)c1cccc(SN(C)Cc2cccc(-c3cccc(CN4CCNC(C)C4)c3)c2)c1. The van der Waals surface area contributed by atoms with Gasteiger partial charge in [0.1, 0.15) is 0 Å². The van der Waals surface area contributed by atoms with Crippen molar-refractivity contribution in [3.8, 4) is 11.1 Å². The van der Waals surface area contributed by atoms with E-state index in [0.29, 0.717) is 24.2 Å². The molecule has 2 aliphatic heterocycles. The van der Waals surface area contributed by atoms with Gasteiger partial charge in [-0.25, -0.2) is 14.0 Å². The van der Waals surface area contributed by atoms with E-state index in [1.165, 1.54) is 22.3 Å². The summed E-state index contributed by atoms with van der Waals surface area (Å²) in [6.07, 6.45) is 4.53. The molecule has 0 spiro atoms. The molecule has 284 valence electrons. The Bertz CT molecular complexity index is 2040. The van der Waals surface area contributed by atoms with Crippen LogP contribution in [0.4, 0.5) is 5.69 Å². The smallest absolute Gasteiger partial charge is 0.251 e. The largest absolute Gasteiger partial charge is 0.381 e. The van der Waals surface area contributed by atoms with Crippen molar-refractivity contribution in [1.82, 2.24) is 34.6 Å². The number of piperazine rings is 1. The van der Waals surface area contributed by atoms with Gasteiger partial charge in [-0.1, -0.05) is 49.4 Å². The molecule has 4 heterocycles. The molecule has 2 fully saturated rings. The molecule has 1 atom stereocenters. The molecule has 10 nitrogen and oxygen atoms in total. The maximum atomic E-state index is 13.7. The average Bonchev–Trinajstić information content (AvgIpc) is 3.61. The molecule has 3 aromatic carbocycles. The molecule has 2 saturated heterocycles. The summed E-state index contributed by atoms with van der Waals surface area (Å²) >= 11 is 1.65. The summed E-state index contributed by atoms with van der Waals surface area (Å²) in [7, 11) is 2.10. The van der Waals surface area contributed by atoms with Crippen LogP contribution in [0.15, 0.2) is 83.9 Å². The van der Waals surface area contributed by atoms with Crippen molar-refractivity contribution in [2.75, 3.05) is 45.2 Å². The zero-order chi connectivity index (χ0) is 37.4. The number of benzene rings is 3. The van der Waals surface area contributed by atoms with Crippen molar-refractivity contribution >= 4 is 34.6 Å². The number of carbonyl (C=O) groups excluding carboxylic acids is 1. The molecule has 0 bridgehead atoms. The molecule has 0 saturated carbocycles. The Morgan fingerprint density at radius 2 is 1.78 bits per heavy atom. The average molecular weight is 747 g/mol. The molecule has 0 radical (unpaired) electrons.